The second-order valence-corrected chi connectivity index (χ2v) is 4.16. The Labute approximate surface area is 83.2 Å². The zero-order valence-electron chi connectivity index (χ0n) is 7.75. The Bertz CT molecular complexity index is 198. The zero-order chi connectivity index (χ0) is 9.90. The SMILES string of the molecule is CCOC(=O)C1(S)CCCCC1F. The number of hydrogen-bond donors (Lipinski definition) is 1. The van der Waals surface area contributed by atoms with Gasteiger partial charge < -0.3 is 4.74 Å². The lowest BCUT2D eigenvalue weighted by Crippen LogP contribution is -2.45. The van der Waals surface area contributed by atoms with Crippen molar-refractivity contribution >= 4 is 18.6 Å². The highest BCUT2D eigenvalue weighted by Crippen LogP contribution is 2.37. The van der Waals surface area contributed by atoms with E-state index in [0.29, 0.717) is 12.8 Å². The van der Waals surface area contributed by atoms with Crippen LogP contribution < -0.4 is 0 Å². The van der Waals surface area contributed by atoms with Crippen molar-refractivity contribution in [2.45, 2.75) is 43.5 Å². The highest BCUT2D eigenvalue weighted by Gasteiger charge is 2.45. The van der Waals surface area contributed by atoms with E-state index in [1.165, 1.54) is 0 Å². The van der Waals surface area contributed by atoms with E-state index < -0.39 is 16.9 Å². The Morgan fingerprint density at radius 1 is 1.69 bits per heavy atom. The number of carbonyl (C=O) groups excluding carboxylic acids is 1. The molecule has 0 aromatic rings. The molecule has 0 N–H and O–H groups in total. The van der Waals surface area contributed by atoms with Gasteiger partial charge in [-0.3, -0.25) is 4.79 Å². The standard InChI is InChI=1S/C9H15FO2S/c1-2-12-8(11)9(13)6-4-3-5-7(9)10/h7,13H,2-6H2,1H3. The van der Waals surface area contributed by atoms with Gasteiger partial charge in [-0.15, -0.1) is 0 Å². The predicted octanol–water partition coefficient (Wildman–Crippen LogP) is 2.13. The molecule has 0 saturated heterocycles. The minimum atomic E-state index is -1.19. The molecule has 2 nitrogen and oxygen atoms in total. The molecule has 0 aromatic heterocycles. The third-order valence-corrected chi connectivity index (χ3v) is 3.10. The molecule has 0 amide bonds. The Morgan fingerprint density at radius 2 is 2.38 bits per heavy atom. The van der Waals surface area contributed by atoms with E-state index in [1.807, 2.05) is 0 Å². The van der Waals surface area contributed by atoms with Crippen LogP contribution in [-0.2, 0) is 9.53 Å². The molecule has 0 aromatic carbocycles. The molecule has 13 heavy (non-hydrogen) atoms. The maximum atomic E-state index is 13.4. The van der Waals surface area contributed by atoms with E-state index in [2.05, 4.69) is 12.6 Å². The van der Waals surface area contributed by atoms with Gasteiger partial charge in [-0.05, 0) is 19.8 Å². The number of thiol groups is 1. The molecule has 2 unspecified atom stereocenters. The van der Waals surface area contributed by atoms with Crippen molar-refractivity contribution in [2.24, 2.45) is 0 Å². The number of ether oxygens (including phenoxy) is 1. The minimum absolute atomic E-state index is 0.286. The summed E-state index contributed by atoms with van der Waals surface area (Å²) in [6.45, 7) is 2.00. The van der Waals surface area contributed by atoms with Crippen LogP contribution in [0.3, 0.4) is 0 Å². The quantitative estimate of drug-likeness (QED) is 0.553. The summed E-state index contributed by atoms with van der Waals surface area (Å²) in [5.41, 5.74) is 0. The van der Waals surface area contributed by atoms with E-state index in [0.717, 1.165) is 12.8 Å². The first-order valence-corrected chi connectivity index (χ1v) is 5.09. The smallest absolute Gasteiger partial charge is 0.324 e. The Kier molecular flexibility index (Phi) is 3.59. The molecule has 1 rings (SSSR count). The molecule has 2 atom stereocenters. The minimum Gasteiger partial charge on any atom is -0.465 e. The van der Waals surface area contributed by atoms with Gasteiger partial charge in [0.15, 0.2) is 0 Å². The van der Waals surface area contributed by atoms with Gasteiger partial charge in [0, 0.05) is 0 Å². The second-order valence-electron chi connectivity index (χ2n) is 3.36. The van der Waals surface area contributed by atoms with Gasteiger partial charge in [-0.2, -0.15) is 12.6 Å². The maximum Gasteiger partial charge on any atom is 0.324 e. The van der Waals surface area contributed by atoms with Gasteiger partial charge in [0.05, 0.1) is 6.61 Å². The van der Waals surface area contributed by atoms with Gasteiger partial charge in [-0.1, -0.05) is 12.8 Å². The molecule has 1 aliphatic carbocycles. The molecule has 0 spiro atoms. The molecule has 0 heterocycles. The number of rotatable bonds is 2. The highest BCUT2D eigenvalue weighted by atomic mass is 32.1. The average Bonchev–Trinajstić information content (AvgIpc) is 2.11. The van der Waals surface area contributed by atoms with Crippen molar-refractivity contribution in [1.29, 1.82) is 0 Å². The monoisotopic (exact) mass is 206 g/mol. The van der Waals surface area contributed by atoms with Crippen LogP contribution in [-0.4, -0.2) is 23.5 Å². The summed E-state index contributed by atoms with van der Waals surface area (Å²) in [6.07, 6.45) is 1.42. The fraction of sp³-hybridized carbons (Fsp3) is 0.889. The van der Waals surface area contributed by atoms with Crippen LogP contribution in [0.1, 0.15) is 32.6 Å². The first-order chi connectivity index (χ1) is 6.11. The van der Waals surface area contributed by atoms with Crippen molar-refractivity contribution in [3.63, 3.8) is 0 Å². The molecule has 1 aliphatic rings. The third-order valence-electron chi connectivity index (χ3n) is 2.41. The first kappa shape index (κ1) is 10.8. The number of esters is 1. The number of hydrogen-bond acceptors (Lipinski definition) is 3. The molecule has 0 radical (unpaired) electrons. The van der Waals surface area contributed by atoms with Crippen molar-refractivity contribution < 1.29 is 13.9 Å². The molecule has 76 valence electrons. The summed E-state index contributed by atoms with van der Waals surface area (Å²) in [5, 5.41) is 0. The summed E-state index contributed by atoms with van der Waals surface area (Å²) < 4.78 is 17.0. The van der Waals surface area contributed by atoms with E-state index in [9.17, 15) is 9.18 Å². The van der Waals surface area contributed by atoms with E-state index >= 15 is 0 Å². The summed E-state index contributed by atoms with van der Waals surface area (Å²) in [6, 6.07) is 0. The van der Waals surface area contributed by atoms with E-state index in [-0.39, 0.29) is 6.61 Å². The highest BCUT2D eigenvalue weighted by molar-refractivity contribution is 7.82. The van der Waals surface area contributed by atoms with Crippen LogP contribution in [0.5, 0.6) is 0 Å². The van der Waals surface area contributed by atoms with Gasteiger partial charge in [-0.25, -0.2) is 4.39 Å². The van der Waals surface area contributed by atoms with Gasteiger partial charge in [0.1, 0.15) is 10.9 Å². The molecule has 1 saturated carbocycles. The van der Waals surface area contributed by atoms with Crippen molar-refractivity contribution in [2.75, 3.05) is 6.61 Å². The molecular weight excluding hydrogens is 191 g/mol. The normalized spacial score (nSPS) is 34.2. The van der Waals surface area contributed by atoms with Crippen molar-refractivity contribution in [3.05, 3.63) is 0 Å². The molecule has 4 heteroatoms. The second kappa shape index (κ2) is 4.31. The first-order valence-electron chi connectivity index (χ1n) is 4.65. The fourth-order valence-electron chi connectivity index (χ4n) is 1.60. The summed E-state index contributed by atoms with van der Waals surface area (Å²) in [7, 11) is 0. The maximum absolute atomic E-state index is 13.4. The van der Waals surface area contributed by atoms with Crippen LogP contribution >= 0.6 is 12.6 Å². The predicted molar refractivity (Wildman–Crippen MR) is 51.7 cm³/mol. The van der Waals surface area contributed by atoms with Gasteiger partial charge in [0.2, 0.25) is 0 Å². The largest absolute Gasteiger partial charge is 0.465 e. The van der Waals surface area contributed by atoms with Crippen molar-refractivity contribution in [3.8, 4) is 0 Å². The number of alkyl halides is 1. The Hall–Kier alpha value is -0.250. The van der Waals surface area contributed by atoms with Crippen LogP contribution in [0.25, 0.3) is 0 Å². The lowest BCUT2D eigenvalue weighted by molar-refractivity contribution is -0.149. The van der Waals surface area contributed by atoms with Crippen LogP contribution in [0.15, 0.2) is 0 Å². The van der Waals surface area contributed by atoms with Gasteiger partial charge >= 0.3 is 5.97 Å². The lowest BCUT2D eigenvalue weighted by Gasteiger charge is -2.33. The lowest BCUT2D eigenvalue weighted by atomic mass is 9.86. The van der Waals surface area contributed by atoms with Crippen LogP contribution in [0.2, 0.25) is 0 Å². The van der Waals surface area contributed by atoms with Crippen LogP contribution in [0.4, 0.5) is 4.39 Å². The Morgan fingerprint density at radius 3 is 2.92 bits per heavy atom. The summed E-state index contributed by atoms with van der Waals surface area (Å²) >= 11 is 4.12. The van der Waals surface area contributed by atoms with Gasteiger partial charge in [0.25, 0.3) is 0 Å². The average molecular weight is 206 g/mol. The molecule has 1 fully saturated rings. The summed E-state index contributed by atoms with van der Waals surface area (Å²) in [5.74, 6) is -0.509. The molecule has 0 aliphatic heterocycles. The fourth-order valence-corrected chi connectivity index (χ4v) is 1.95. The Balaban J connectivity index is 2.65. The van der Waals surface area contributed by atoms with E-state index in [4.69, 9.17) is 4.74 Å². The zero-order valence-corrected chi connectivity index (χ0v) is 8.65. The third kappa shape index (κ3) is 2.16. The molecule has 0 bridgehead atoms. The van der Waals surface area contributed by atoms with Crippen molar-refractivity contribution in [1.82, 2.24) is 0 Å². The number of carbonyl (C=O) groups is 1. The van der Waals surface area contributed by atoms with Crippen LogP contribution in [0, 0.1) is 0 Å². The molecular formula is C9H15FO2S. The number of halogens is 1. The topological polar surface area (TPSA) is 26.3 Å². The van der Waals surface area contributed by atoms with E-state index in [1.54, 1.807) is 6.92 Å². The summed E-state index contributed by atoms with van der Waals surface area (Å²) in [4.78, 5) is 11.4.